The van der Waals surface area contributed by atoms with Gasteiger partial charge in [-0.2, -0.15) is 10.2 Å². The molecule has 0 atom stereocenters. The Morgan fingerprint density at radius 2 is 1.83 bits per heavy atom. The zero-order valence-electron chi connectivity index (χ0n) is 13.5. The molecule has 0 aliphatic heterocycles. The van der Waals surface area contributed by atoms with E-state index in [1.54, 1.807) is 60.9 Å². The normalized spacial score (nSPS) is 10.6. The quantitative estimate of drug-likeness (QED) is 0.579. The van der Waals surface area contributed by atoms with Crippen molar-refractivity contribution in [2.75, 3.05) is 5.32 Å². The number of carbonyl (C=O) groups excluding carboxylic acids is 2. The predicted octanol–water partition coefficient (Wildman–Crippen LogP) is 1.44. The Balaban J connectivity index is 1.76. The molecule has 0 spiro atoms. The van der Waals surface area contributed by atoms with E-state index in [9.17, 15) is 9.59 Å². The van der Waals surface area contributed by atoms with Gasteiger partial charge >= 0.3 is 0 Å². The number of anilines is 1. The van der Waals surface area contributed by atoms with Crippen molar-refractivity contribution >= 4 is 17.4 Å². The highest BCUT2D eigenvalue weighted by molar-refractivity contribution is 6.47. The minimum absolute atomic E-state index is 0.342. The SMILES string of the molecule is Cc1nn(C)c(C)c1C(=O)C(=O)Nc1ccc(-n2cncn2)cc1. The molecule has 2 heterocycles. The highest BCUT2D eigenvalue weighted by atomic mass is 16.2. The van der Waals surface area contributed by atoms with E-state index in [0.29, 0.717) is 22.6 Å². The summed E-state index contributed by atoms with van der Waals surface area (Å²) < 4.78 is 3.18. The van der Waals surface area contributed by atoms with Crippen LogP contribution in [-0.2, 0) is 11.8 Å². The van der Waals surface area contributed by atoms with Crippen LogP contribution in [0.15, 0.2) is 36.9 Å². The fourth-order valence-corrected chi connectivity index (χ4v) is 2.44. The van der Waals surface area contributed by atoms with Crippen molar-refractivity contribution < 1.29 is 9.59 Å². The van der Waals surface area contributed by atoms with E-state index in [1.807, 2.05) is 0 Å². The summed E-state index contributed by atoms with van der Waals surface area (Å²) in [6.07, 6.45) is 3.01. The predicted molar refractivity (Wildman–Crippen MR) is 87.0 cm³/mol. The van der Waals surface area contributed by atoms with Crippen molar-refractivity contribution in [3.63, 3.8) is 0 Å². The lowest BCUT2D eigenvalue weighted by molar-refractivity contribution is -0.112. The Morgan fingerprint density at radius 3 is 2.38 bits per heavy atom. The van der Waals surface area contributed by atoms with Crippen molar-refractivity contribution in [3.8, 4) is 5.69 Å². The first-order valence-corrected chi connectivity index (χ1v) is 7.28. The van der Waals surface area contributed by atoms with Crippen molar-refractivity contribution in [3.05, 3.63) is 53.9 Å². The van der Waals surface area contributed by atoms with Gasteiger partial charge in [0.25, 0.3) is 11.7 Å². The first kappa shape index (κ1) is 15.6. The largest absolute Gasteiger partial charge is 0.319 e. The summed E-state index contributed by atoms with van der Waals surface area (Å²) in [7, 11) is 1.74. The smallest absolute Gasteiger partial charge is 0.296 e. The molecule has 1 aromatic carbocycles. The van der Waals surface area contributed by atoms with E-state index in [-0.39, 0.29) is 0 Å². The molecule has 0 radical (unpaired) electrons. The molecule has 8 heteroatoms. The summed E-state index contributed by atoms with van der Waals surface area (Å²) in [5, 5.41) is 10.8. The molecule has 0 saturated carbocycles. The number of aryl methyl sites for hydroxylation is 2. The molecular weight excluding hydrogens is 308 g/mol. The van der Waals surface area contributed by atoms with Crippen LogP contribution in [0.1, 0.15) is 21.7 Å². The molecule has 1 amide bonds. The van der Waals surface area contributed by atoms with Crippen molar-refractivity contribution in [1.29, 1.82) is 0 Å². The number of nitrogens with zero attached hydrogens (tertiary/aromatic N) is 5. The fourth-order valence-electron chi connectivity index (χ4n) is 2.44. The topological polar surface area (TPSA) is 94.7 Å². The maximum absolute atomic E-state index is 12.4. The number of aromatic nitrogens is 5. The van der Waals surface area contributed by atoms with Gasteiger partial charge in [-0.1, -0.05) is 0 Å². The summed E-state index contributed by atoms with van der Waals surface area (Å²) >= 11 is 0. The number of hydrogen-bond donors (Lipinski definition) is 1. The average Bonchev–Trinajstić information content (AvgIpc) is 3.17. The molecule has 0 saturated heterocycles. The number of amides is 1. The highest BCUT2D eigenvalue weighted by Gasteiger charge is 2.23. The van der Waals surface area contributed by atoms with E-state index in [2.05, 4.69) is 20.5 Å². The number of Topliss-reactive ketones (excluding diaryl/α,β-unsaturated/α-hetero) is 1. The number of nitrogens with one attached hydrogen (secondary N) is 1. The van der Waals surface area contributed by atoms with Crippen LogP contribution in [0.4, 0.5) is 5.69 Å². The summed E-state index contributed by atoms with van der Waals surface area (Å²) in [5.74, 6) is -1.29. The summed E-state index contributed by atoms with van der Waals surface area (Å²) in [6, 6.07) is 6.95. The monoisotopic (exact) mass is 324 g/mol. The van der Waals surface area contributed by atoms with Gasteiger partial charge in [-0.15, -0.1) is 0 Å². The Hall–Kier alpha value is -3.29. The Bertz CT molecular complexity index is 894. The standard InChI is InChI=1S/C16H16N6O2/c1-10-14(11(2)21(3)20-10)15(23)16(24)19-12-4-6-13(7-5-12)22-9-17-8-18-22/h4-9H,1-3H3,(H,19,24). The van der Waals surface area contributed by atoms with E-state index in [4.69, 9.17) is 0 Å². The van der Waals surface area contributed by atoms with E-state index >= 15 is 0 Å². The van der Waals surface area contributed by atoms with Crippen LogP contribution < -0.4 is 5.32 Å². The van der Waals surface area contributed by atoms with Crippen LogP contribution >= 0.6 is 0 Å². The second-order valence-corrected chi connectivity index (χ2v) is 5.34. The molecule has 0 unspecified atom stereocenters. The van der Waals surface area contributed by atoms with Gasteiger partial charge < -0.3 is 5.32 Å². The third-order valence-electron chi connectivity index (χ3n) is 3.75. The van der Waals surface area contributed by atoms with Gasteiger partial charge in [0.15, 0.2) is 0 Å². The van der Waals surface area contributed by atoms with E-state index in [1.165, 1.54) is 6.33 Å². The fraction of sp³-hybridized carbons (Fsp3) is 0.188. The number of carbonyl (C=O) groups is 2. The lowest BCUT2D eigenvalue weighted by Crippen LogP contribution is -2.24. The first-order valence-electron chi connectivity index (χ1n) is 7.28. The second kappa shape index (κ2) is 6.07. The molecule has 0 aliphatic carbocycles. The number of benzene rings is 1. The molecule has 8 nitrogen and oxygen atoms in total. The maximum Gasteiger partial charge on any atom is 0.296 e. The van der Waals surface area contributed by atoms with Crippen LogP contribution in [0, 0.1) is 13.8 Å². The highest BCUT2D eigenvalue weighted by Crippen LogP contribution is 2.16. The Morgan fingerprint density at radius 1 is 1.12 bits per heavy atom. The van der Waals surface area contributed by atoms with Gasteiger partial charge in [0.05, 0.1) is 16.9 Å². The van der Waals surface area contributed by atoms with Crippen molar-refractivity contribution in [1.82, 2.24) is 24.5 Å². The summed E-state index contributed by atoms with van der Waals surface area (Å²) in [5.41, 5.74) is 2.87. The molecule has 0 bridgehead atoms. The molecule has 3 rings (SSSR count). The number of hydrogen-bond acceptors (Lipinski definition) is 5. The number of ketones is 1. The van der Waals surface area contributed by atoms with E-state index in [0.717, 1.165) is 5.69 Å². The zero-order valence-corrected chi connectivity index (χ0v) is 13.5. The lowest BCUT2D eigenvalue weighted by atomic mass is 10.1. The van der Waals surface area contributed by atoms with Gasteiger partial charge in [-0.25, -0.2) is 9.67 Å². The third kappa shape index (κ3) is 2.81. The van der Waals surface area contributed by atoms with Crippen LogP contribution in [0.5, 0.6) is 0 Å². The van der Waals surface area contributed by atoms with Crippen LogP contribution in [0.3, 0.4) is 0 Å². The minimum atomic E-state index is -0.692. The average molecular weight is 324 g/mol. The summed E-state index contributed by atoms with van der Waals surface area (Å²) in [4.78, 5) is 28.5. The second-order valence-electron chi connectivity index (χ2n) is 5.34. The van der Waals surface area contributed by atoms with E-state index < -0.39 is 11.7 Å². The van der Waals surface area contributed by atoms with Crippen LogP contribution in [-0.4, -0.2) is 36.2 Å². The lowest BCUT2D eigenvalue weighted by Gasteiger charge is -2.06. The molecule has 0 fully saturated rings. The minimum Gasteiger partial charge on any atom is -0.319 e. The molecule has 2 aromatic heterocycles. The zero-order chi connectivity index (χ0) is 17.3. The molecule has 24 heavy (non-hydrogen) atoms. The van der Waals surface area contributed by atoms with Gasteiger partial charge in [-0.3, -0.25) is 14.3 Å². The third-order valence-corrected chi connectivity index (χ3v) is 3.75. The summed E-state index contributed by atoms with van der Waals surface area (Å²) in [6.45, 7) is 3.47. The maximum atomic E-state index is 12.4. The first-order chi connectivity index (χ1) is 11.5. The van der Waals surface area contributed by atoms with Crippen LogP contribution in [0.2, 0.25) is 0 Å². The van der Waals surface area contributed by atoms with Gasteiger partial charge in [-0.05, 0) is 38.1 Å². The van der Waals surface area contributed by atoms with Crippen LogP contribution in [0.25, 0.3) is 5.69 Å². The Labute approximate surface area is 138 Å². The number of rotatable bonds is 4. The van der Waals surface area contributed by atoms with Gasteiger partial charge in [0.1, 0.15) is 12.7 Å². The van der Waals surface area contributed by atoms with Gasteiger partial charge in [0.2, 0.25) is 0 Å². The molecule has 3 aromatic rings. The van der Waals surface area contributed by atoms with Crippen molar-refractivity contribution in [2.45, 2.75) is 13.8 Å². The Kier molecular flexibility index (Phi) is 3.95. The molecule has 0 aliphatic rings. The van der Waals surface area contributed by atoms with Gasteiger partial charge in [0, 0.05) is 18.4 Å². The molecular formula is C16H16N6O2. The molecule has 1 N–H and O–H groups in total. The molecule has 122 valence electrons. The van der Waals surface area contributed by atoms with Crippen molar-refractivity contribution in [2.24, 2.45) is 7.05 Å².